The van der Waals surface area contributed by atoms with E-state index in [2.05, 4.69) is 20.6 Å². The number of rotatable bonds is 3. The Morgan fingerprint density at radius 2 is 2.27 bits per heavy atom. The van der Waals surface area contributed by atoms with Crippen molar-refractivity contribution in [1.29, 1.82) is 0 Å². The number of ether oxygens (including phenoxy) is 2. The number of hydrogen-bond donors (Lipinski definition) is 3. The molecule has 0 unspecified atom stereocenters. The maximum atomic E-state index is 14.3. The van der Waals surface area contributed by atoms with Crippen molar-refractivity contribution in [2.75, 3.05) is 25.8 Å². The number of carbonyl (C=O) groups is 1. The van der Waals surface area contributed by atoms with Gasteiger partial charge < -0.3 is 0 Å². The molecule has 0 radical (unpaired) electrons. The third-order valence-electron chi connectivity index (χ3n) is 4.93. The van der Waals surface area contributed by atoms with E-state index in [4.69, 9.17) is 12.5 Å². The number of hydrogen-bond acceptors (Lipinski definition) is 6. The molecule has 5 rings (SSSR count). The standard InChI is InChI=1S/C20H17FIN4O4/c1-28-19-11(21)3-2-4-13(19)25-18-15-17-12(7-24-20(15)27)22-30-9-29-14-8-23-6-5-10(14)16(18)26-17/h2-6,8,12,25-26H,7,9H2,1H3,(H,24,27)/q-1/t12-/m0/s1. The number of alkyl halides is 1. The average molecular weight is 523 g/mol. The fourth-order valence-electron chi connectivity index (χ4n) is 3.60. The molecule has 0 spiro atoms. The van der Waals surface area contributed by atoms with Crippen molar-refractivity contribution in [3.8, 4) is 22.8 Å². The molecule has 0 saturated carbocycles. The average Bonchev–Trinajstić information content (AvgIpc) is 3.13. The molecular formula is C20H17FIN4O4-. The molecule has 1 atom stereocenters. The van der Waals surface area contributed by atoms with Crippen molar-refractivity contribution in [1.82, 2.24) is 15.3 Å². The molecular weight excluding hydrogens is 506 g/mol. The molecule has 2 bridgehead atoms. The summed E-state index contributed by atoms with van der Waals surface area (Å²) in [6.07, 6.45) is 3.24. The minimum atomic E-state index is -0.746. The Labute approximate surface area is 181 Å². The van der Waals surface area contributed by atoms with E-state index < -0.39 is 27.4 Å². The number of aromatic nitrogens is 2. The third kappa shape index (κ3) is 3.16. The number of para-hydroxylation sites is 1. The van der Waals surface area contributed by atoms with Crippen molar-refractivity contribution in [3.05, 3.63) is 53.7 Å². The fraction of sp³-hybridized carbons (Fsp3) is 0.200. The second-order valence-corrected chi connectivity index (χ2v) is 9.25. The van der Waals surface area contributed by atoms with Gasteiger partial charge in [-0.05, 0) is 0 Å². The Morgan fingerprint density at radius 3 is 3.13 bits per heavy atom. The molecule has 2 aliphatic rings. The molecule has 0 saturated heterocycles. The quantitative estimate of drug-likeness (QED) is 0.334. The van der Waals surface area contributed by atoms with Crippen LogP contribution in [0.15, 0.2) is 36.7 Å². The van der Waals surface area contributed by atoms with Crippen LogP contribution in [0, 0.1) is 5.82 Å². The predicted octanol–water partition coefficient (Wildman–Crippen LogP) is 0.123. The number of methoxy groups -OCH3 is 1. The van der Waals surface area contributed by atoms with Gasteiger partial charge in [-0.1, -0.05) is 0 Å². The zero-order valence-electron chi connectivity index (χ0n) is 15.8. The first kappa shape index (κ1) is 19.1. The van der Waals surface area contributed by atoms with Gasteiger partial charge in [0.25, 0.3) is 0 Å². The van der Waals surface area contributed by atoms with Gasteiger partial charge in [0.1, 0.15) is 0 Å². The number of pyridine rings is 1. The normalized spacial score (nSPS) is 17.7. The zero-order chi connectivity index (χ0) is 20.7. The molecule has 2 aromatic heterocycles. The minimum absolute atomic E-state index is 0.0344. The van der Waals surface area contributed by atoms with E-state index in [0.717, 1.165) is 5.69 Å². The van der Waals surface area contributed by atoms with Gasteiger partial charge in [0, 0.05) is 0 Å². The van der Waals surface area contributed by atoms with Gasteiger partial charge in [0.05, 0.1) is 0 Å². The van der Waals surface area contributed by atoms with E-state index >= 15 is 0 Å². The van der Waals surface area contributed by atoms with E-state index in [1.165, 1.54) is 13.2 Å². The van der Waals surface area contributed by atoms with Crippen LogP contribution >= 0.6 is 0 Å². The number of benzene rings is 1. The summed E-state index contributed by atoms with van der Waals surface area (Å²) in [5, 5.41) is 6.16. The summed E-state index contributed by atoms with van der Waals surface area (Å²) in [4.78, 5) is 20.4. The van der Waals surface area contributed by atoms with Crippen LogP contribution in [0.5, 0.6) is 11.5 Å². The number of halogens is 2. The van der Waals surface area contributed by atoms with Gasteiger partial charge in [-0.3, -0.25) is 0 Å². The summed E-state index contributed by atoms with van der Waals surface area (Å²) in [7, 11) is 1.40. The third-order valence-corrected chi connectivity index (χ3v) is 7.22. The van der Waals surface area contributed by atoms with Gasteiger partial charge in [-0.15, -0.1) is 0 Å². The molecule has 1 aromatic carbocycles. The van der Waals surface area contributed by atoms with Crippen LogP contribution in [-0.2, 0) is 3.07 Å². The Morgan fingerprint density at radius 1 is 1.37 bits per heavy atom. The number of anilines is 2. The molecule has 1 amide bonds. The van der Waals surface area contributed by atoms with Crippen molar-refractivity contribution < 1.29 is 43.3 Å². The first-order valence-electron chi connectivity index (χ1n) is 9.13. The van der Waals surface area contributed by atoms with E-state index in [1.807, 2.05) is 0 Å². The van der Waals surface area contributed by atoms with Crippen LogP contribution < -0.4 is 41.7 Å². The summed E-state index contributed by atoms with van der Waals surface area (Å²) in [5.41, 5.74) is 3.61. The molecule has 156 valence electrons. The summed E-state index contributed by atoms with van der Waals surface area (Å²) in [6.45, 7) is 0.609. The molecule has 0 aliphatic carbocycles. The van der Waals surface area contributed by atoms with Crippen molar-refractivity contribution in [2.45, 2.75) is 3.92 Å². The Bertz CT molecular complexity index is 1140. The number of nitrogens with zero attached hydrogens (tertiary/aromatic N) is 1. The molecule has 30 heavy (non-hydrogen) atoms. The van der Waals surface area contributed by atoms with Crippen LogP contribution in [0.1, 0.15) is 20.0 Å². The van der Waals surface area contributed by atoms with Crippen molar-refractivity contribution in [2.24, 2.45) is 0 Å². The zero-order valence-corrected chi connectivity index (χ0v) is 17.9. The summed E-state index contributed by atoms with van der Waals surface area (Å²) in [5.74, 6) is -0.118. The monoisotopic (exact) mass is 523 g/mol. The number of aromatic amines is 1. The molecule has 0 fully saturated rings. The summed E-state index contributed by atoms with van der Waals surface area (Å²) in [6, 6.07) is 6.39. The Balaban J connectivity index is 1.75. The number of amides is 1. The number of fused-ring (bicyclic) bond motifs is 3. The van der Waals surface area contributed by atoms with E-state index in [0.29, 0.717) is 40.5 Å². The van der Waals surface area contributed by atoms with Gasteiger partial charge in [0.2, 0.25) is 0 Å². The Hall–Kier alpha value is -2.86. The van der Waals surface area contributed by atoms with Gasteiger partial charge in [-0.2, -0.15) is 0 Å². The van der Waals surface area contributed by atoms with E-state index in [9.17, 15) is 9.18 Å². The van der Waals surface area contributed by atoms with Gasteiger partial charge in [0.15, 0.2) is 0 Å². The van der Waals surface area contributed by atoms with E-state index in [-0.39, 0.29) is 22.4 Å². The topological polar surface area (TPSA) is 97.5 Å². The fourth-order valence-corrected chi connectivity index (χ4v) is 5.43. The molecule has 3 aromatic rings. The number of carbonyl (C=O) groups excluding carboxylic acids is 1. The van der Waals surface area contributed by atoms with Crippen LogP contribution in [0.25, 0.3) is 11.3 Å². The number of H-pyrrole nitrogens is 1. The molecule has 2 aliphatic heterocycles. The molecule has 3 N–H and O–H groups in total. The first-order valence-corrected chi connectivity index (χ1v) is 11.3. The maximum absolute atomic E-state index is 14.3. The van der Waals surface area contributed by atoms with Crippen molar-refractivity contribution >= 4 is 17.3 Å². The summed E-state index contributed by atoms with van der Waals surface area (Å²) >= 11 is -0.746. The SMILES string of the molecule is COc1c(F)cccc1Nc1c2[nH]c3c1C(=O)NC[C@@H]3[I-]OCOc1cnccc1-2. The first-order chi connectivity index (χ1) is 14.7. The van der Waals surface area contributed by atoms with Gasteiger partial charge in [-0.25, -0.2) is 0 Å². The second-order valence-electron chi connectivity index (χ2n) is 6.62. The second kappa shape index (κ2) is 7.76. The van der Waals surface area contributed by atoms with Crippen LogP contribution in [-0.4, -0.2) is 36.3 Å². The summed E-state index contributed by atoms with van der Waals surface area (Å²) < 4.78 is 31.1. The van der Waals surface area contributed by atoms with Crippen LogP contribution in [0.4, 0.5) is 15.8 Å². The van der Waals surface area contributed by atoms with Crippen LogP contribution in [0.2, 0.25) is 0 Å². The van der Waals surface area contributed by atoms with E-state index in [1.54, 1.807) is 30.6 Å². The molecule has 4 heterocycles. The predicted molar refractivity (Wildman–Crippen MR) is 102 cm³/mol. The molecule has 10 heteroatoms. The van der Waals surface area contributed by atoms with Crippen LogP contribution in [0.3, 0.4) is 0 Å². The molecule has 8 nitrogen and oxygen atoms in total. The van der Waals surface area contributed by atoms with Gasteiger partial charge >= 0.3 is 182 Å². The Kier molecular flexibility index (Phi) is 4.95. The number of nitrogens with one attached hydrogen (secondary N) is 3. The van der Waals surface area contributed by atoms with Crippen molar-refractivity contribution in [3.63, 3.8) is 0 Å².